The number of carbonyl (C=O) groups excluding carboxylic acids is 1. The van der Waals surface area contributed by atoms with Crippen LogP contribution >= 0.6 is 0 Å². The number of amides is 1. The number of hydrogen-bond donors (Lipinski definition) is 1. The van der Waals surface area contributed by atoms with Crippen molar-refractivity contribution in [3.05, 3.63) is 64.0 Å². The molecule has 0 spiro atoms. The summed E-state index contributed by atoms with van der Waals surface area (Å²) in [7, 11) is 1.60. The molecule has 3 aromatic rings. The second kappa shape index (κ2) is 5.59. The van der Waals surface area contributed by atoms with E-state index in [0.29, 0.717) is 23.3 Å². The Morgan fingerprint density at radius 2 is 2.04 bits per heavy atom. The highest BCUT2D eigenvalue weighted by atomic mass is 16.6. The number of nitrogens with one attached hydrogen (secondary N) is 1. The Kier molecular flexibility index (Phi) is 3.38. The van der Waals surface area contributed by atoms with Crippen LogP contribution in [0.15, 0.2) is 42.5 Å². The lowest BCUT2D eigenvalue weighted by molar-refractivity contribution is -0.384. The van der Waals surface area contributed by atoms with Crippen LogP contribution in [0.25, 0.3) is 11.0 Å². The molecule has 1 aliphatic rings. The fourth-order valence-corrected chi connectivity index (χ4v) is 3.07. The second-order valence-corrected chi connectivity index (χ2v) is 5.79. The molecule has 2 aromatic carbocycles. The average molecular weight is 338 g/mol. The summed E-state index contributed by atoms with van der Waals surface area (Å²) in [4.78, 5) is 27.2. The lowest BCUT2D eigenvalue weighted by Gasteiger charge is -2.09. The number of nitro benzene ring substituents is 1. The monoisotopic (exact) mass is 338 g/mol. The topological polar surface area (TPSA) is 99.3 Å². The fourth-order valence-electron chi connectivity index (χ4n) is 3.07. The number of carbonyl (C=O) groups is 1. The van der Waals surface area contributed by atoms with E-state index in [1.165, 1.54) is 16.7 Å². The van der Waals surface area contributed by atoms with Crippen molar-refractivity contribution in [1.82, 2.24) is 14.9 Å². The van der Waals surface area contributed by atoms with Gasteiger partial charge in [-0.1, -0.05) is 12.1 Å². The zero-order valence-corrected chi connectivity index (χ0v) is 13.3. The van der Waals surface area contributed by atoms with E-state index in [4.69, 9.17) is 4.74 Å². The van der Waals surface area contributed by atoms with Crippen molar-refractivity contribution in [2.24, 2.45) is 0 Å². The first-order chi connectivity index (χ1) is 12.1. The zero-order chi connectivity index (χ0) is 17.6. The van der Waals surface area contributed by atoms with Gasteiger partial charge in [0.1, 0.15) is 11.6 Å². The summed E-state index contributed by atoms with van der Waals surface area (Å²) in [5.41, 5.74) is 1.99. The van der Waals surface area contributed by atoms with Gasteiger partial charge >= 0.3 is 6.03 Å². The number of nitrogens with zero attached hydrogens (tertiary/aromatic N) is 3. The van der Waals surface area contributed by atoms with E-state index >= 15 is 0 Å². The van der Waals surface area contributed by atoms with E-state index in [0.717, 1.165) is 11.3 Å². The molecule has 0 saturated heterocycles. The van der Waals surface area contributed by atoms with Gasteiger partial charge in [-0.05, 0) is 30.2 Å². The number of non-ortho nitro benzene ring substituents is 1. The molecule has 0 radical (unpaired) electrons. The largest absolute Gasteiger partial charge is 0.497 e. The first-order valence-corrected chi connectivity index (χ1v) is 7.67. The highest BCUT2D eigenvalue weighted by Crippen LogP contribution is 2.30. The number of benzene rings is 2. The highest BCUT2D eigenvalue weighted by molar-refractivity contribution is 5.93. The lowest BCUT2D eigenvalue weighted by Crippen LogP contribution is -2.22. The molecule has 0 aliphatic carbocycles. The van der Waals surface area contributed by atoms with Gasteiger partial charge < -0.3 is 10.1 Å². The molecule has 126 valence electrons. The maximum Gasteiger partial charge on any atom is 0.328 e. The molecule has 1 N–H and O–H groups in total. The van der Waals surface area contributed by atoms with E-state index in [-0.39, 0.29) is 17.8 Å². The normalized spacial score (nSPS) is 15.9. The standard InChI is InChI=1S/C17H14N4O4/c1-25-12-5-2-10(3-6-12)8-14-16-18-13-9-11(21(23)24)4-7-15(13)20(16)17(22)19-14/h2-7,9,14H,8H2,1H3,(H,19,22)/t14-/m1/s1. The SMILES string of the molecule is COc1ccc(C[C@H]2NC(=O)n3c2nc2cc([N+](=O)[O-])ccc23)cc1. The molecule has 1 amide bonds. The summed E-state index contributed by atoms with van der Waals surface area (Å²) >= 11 is 0. The van der Waals surface area contributed by atoms with Gasteiger partial charge in [0.25, 0.3) is 5.69 Å². The maximum absolute atomic E-state index is 12.3. The van der Waals surface area contributed by atoms with Gasteiger partial charge in [0.05, 0.1) is 29.1 Å². The molecule has 0 unspecified atom stereocenters. The van der Waals surface area contributed by atoms with Gasteiger partial charge in [-0.3, -0.25) is 10.1 Å². The summed E-state index contributed by atoms with van der Waals surface area (Å²) in [6.07, 6.45) is 0.571. The number of aromatic nitrogens is 2. The highest BCUT2D eigenvalue weighted by Gasteiger charge is 2.32. The number of rotatable bonds is 4. The third kappa shape index (κ3) is 2.47. The predicted molar refractivity (Wildman–Crippen MR) is 89.8 cm³/mol. The summed E-state index contributed by atoms with van der Waals surface area (Å²) in [6, 6.07) is 11.3. The Balaban J connectivity index is 1.70. The van der Waals surface area contributed by atoms with E-state index in [9.17, 15) is 14.9 Å². The Labute approximate surface area is 142 Å². The summed E-state index contributed by atoms with van der Waals surface area (Å²) in [5, 5.41) is 13.8. The van der Waals surface area contributed by atoms with Gasteiger partial charge in [-0.15, -0.1) is 0 Å². The lowest BCUT2D eigenvalue weighted by atomic mass is 10.1. The molecule has 2 heterocycles. The fraction of sp³-hybridized carbons (Fsp3) is 0.176. The van der Waals surface area contributed by atoms with Crippen molar-refractivity contribution in [1.29, 1.82) is 0 Å². The summed E-state index contributed by atoms with van der Waals surface area (Å²) in [5.74, 6) is 1.33. The van der Waals surface area contributed by atoms with Crippen LogP contribution < -0.4 is 10.1 Å². The van der Waals surface area contributed by atoms with E-state index < -0.39 is 4.92 Å². The Bertz CT molecular complexity index is 994. The molecule has 1 aromatic heterocycles. The molecule has 0 fully saturated rings. The Morgan fingerprint density at radius 3 is 2.72 bits per heavy atom. The molecule has 4 rings (SSSR count). The maximum atomic E-state index is 12.3. The minimum atomic E-state index is -0.473. The van der Waals surface area contributed by atoms with Crippen LogP contribution in [-0.2, 0) is 6.42 Å². The number of ether oxygens (including phenoxy) is 1. The van der Waals surface area contributed by atoms with E-state index in [1.807, 2.05) is 24.3 Å². The van der Waals surface area contributed by atoms with Gasteiger partial charge in [-0.2, -0.15) is 0 Å². The summed E-state index contributed by atoms with van der Waals surface area (Å²) in [6.45, 7) is 0. The minimum Gasteiger partial charge on any atom is -0.497 e. The number of imidazole rings is 1. The molecule has 0 saturated carbocycles. The predicted octanol–water partition coefficient (Wildman–Crippen LogP) is 2.81. The molecule has 8 heteroatoms. The molecule has 8 nitrogen and oxygen atoms in total. The van der Waals surface area contributed by atoms with Gasteiger partial charge in [0, 0.05) is 12.1 Å². The second-order valence-electron chi connectivity index (χ2n) is 5.79. The third-order valence-electron chi connectivity index (χ3n) is 4.29. The first-order valence-electron chi connectivity index (χ1n) is 7.67. The van der Waals surface area contributed by atoms with Gasteiger partial charge in [0.15, 0.2) is 0 Å². The first kappa shape index (κ1) is 15.1. The summed E-state index contributed by atoms with van der Waals surface area (Å²) < 4.78 is 6.62. The number of methoxy groups -OCH3 is 1. The number of nitro groups is 1. The molecular weight excluding hydrogens is 324 g/mol. The smallest absolute Gasteiger partial charge is 0.328 e. The van der Waals surface area contributed by atoms with E-state index in [1.54, 1.807) is 13.2 Å². The van der Waals surface area contributed by atoms with Crippen LogP contribution in [0, 0.1) is 10.1 Å². The number of hydrogen-bond acceptors (Lipinski definition) is 5. The van der Waals surface area contributed by atoms with Crippen molar-refractivity contribution < 1.29 is 14.5 Å². The number of fused-ring (bicyclic) bond motifs is 3. The van der Waals surface area contributed by atoms with Crippen LogP contribution in [-0.4, -0.2) is 27.6 Å². The van der Waals surface area contributed by atoms with Crippen molar-refractivity contribution >= 4 is 22.8 Å². The molecule has 25 heavy (non-hydrogen) atoms. The van der Waals surface area contributed by atoms with Crippen molar-refractivity contribution in [3.8, 4) is 5.75 Å². The molecule has 1 atom stereocenters. The van der Waals surface area contributed by atoms with Crippen LogP contribution in [0.3, 0.4) is 0 Å². The van der Waals surface area contributed by atoms with Crippen molar-refractivity contribution in [2.45, 2.75) is 12.5 Å². The van der Waals surface area contributed by atoms with Crippen molar-refractivity contribution in [3.63, 3.8) is 0 Å². The Morgan fingerprint density at radius 1 is 1.28 bits per heavy atom. The van der Waals surface area contributed by atoms with Crippen LogP contribution in [0.2, 0.25) is 0 Å². The molecule has 0 bridgehead atoms. The zero-order valence-electron chi connectivity index (χ0n) is 13.3. The molecule has 1 aliphatic heterocycles. The average Bonchev–Trinajstić information content (AvgIpc) is 3.13. The van der Waals surface area contributed by atoms with E-state index in [2.05, 4.69) is 10.3 Å². The van der Waals surface area contributed by atoms with Crippen LogP contribution in [0.4, 0.5) is 10.5 Å². The third-order valence-corrected chi connectivity index (χ3v) is 4.29. The van der Waals surface area contributed by atoms with Gasteiger partial charge in [-0.25, -0.2) is 14.3 Å². The van der Waals surface area contributed by atoms with Crippen molar-refractivity contribution in [2.75, 3.05) is 7.11 Å². The van der Waals surface area contributed by atoms with Gasteiger partial charge in [0.2, 0.25) is 0 Å². The van der Waals surface area contributed by atoms with Crippen LogP contribution in [0.5, 0.6) is 5.75 Å². The molecular formula is C17H14N4O4. The van der Waals surface area contributed by atoms with Crippen LogP contribution in [0.1, 0.15) is 17.4 Å². The Hall–Kier alpha value is -3.42. The quantitative estimate of drug-likeness (QED) is 0.582. The minimum absolute atomic E-state index is 0.0450.